The zero-order valence-corrected chi connectivity index (χ0v) is 11.2. The Bertz CT molecular complexity index is 519. The maximum absolute atomic E-state index is 6.33. The van der Waals surface area contributed by atoms with E-state index in [9.17, 15) is 0 Å². The number of aryl methyl sites for hydroxylation is 2. The quantitative estimate of drug-likeness (QED) is 0.902. The van der Waals surface area contributed by atoms with Gasteiger partial charge in [0.2, 0.25) is 0 Å². The van der Waals surface area contributed by atoms with E-state index in [-0.39, 0.29) is 6.04 Å². The summed E-state index contributed by atoms with van der Waals surface area (Å²) < 4.78 is 5.36. The molecular formula is C14H17NOS. The number of nitrogens with two attached hydrogens (primary N) is 1. The maximum Gasteiger partial charge on any atom is 0.123 e. The monoisotopic (exact) mass is 247 g/mol. The van der Waals surface area contributed by atoms with Gasteiger partial charge in [0.25, 0.3) is 0 Å². The van der Waals surface area contributed by atoms with E-state index in [0.717, 1.165) is 11.3 Å². The van der Waals surface area contributed by atoms with Crippen molar-refractivity contribution < 1.29 is 4.74 Å². The summed E-state index contributed by atoms with van der Waals surface area (Å²) in [5, 5.41) is 0. The molecule has 2 N–H and O–H groups in total. The van der Waals surface area contributed by atoms with E-state index < -0.39 is 0 Å². The van der Waals surface area contributed by atoms with Gasteiger partial charge in [-0.2, -0.15) is 0 Å². The number of hydrogen-bond donors (Lipinski definition) is 1. The molecule has 2 rings (SSSR count). The zero-order chi connectivity index (χ0) is 12.4. The summed E-state index contributed by atoms with van der Waals surface area (Å²) in [5.41, 5.74) is 8.56. The van der Waals surface area contributed by atoms with E-state index in [1.54, 1.807) is 18.4 Å². The third kappa shape index (κ3) is 2.35. The van der Waals surface area contributed by atoms with Gasteiger partial charge >= 0.3 is 0 Å². The molecule has 0 saturated heterocycles. The molecule has 0 saturated carbocycles. The fourth-order valence-corrected chi connectivity index (χ4v) is 3.02. The first kappa shape index (κ1) is 12.1. The molecule has 1 aromatic heterocycles. The Balaban J connectivity index is 2.43. The van der Waals surface area contributed by atoms with Gasteiger partial charge in [-0.15, -0.1) is 11.3 Å². The first-order chi connectivity index (χ1) is 8.13. The van der Waals surface area contributed by atoms with Gasteiger partial charge in [-0.25, -0.2) is 0 Å². The number of benzene rings is 1. The van der Waals surface area contributed by atoms with E-state index in [2.05, 4.69) is 19.9 Å². The van der Waals surface area contributed by atoms with Gasteiger partial charge < -0.3 is 10.5 Å². The molecule has 90 valence electrons. The summed E-state index contributed by atoms with van der Waals surface area (Å²) in [6, 6.07) is 9.97. The van der Waals surface area contributed by atoms with Crippen molar-refractivity contribution in [3.8, 4) is 5.75 Å². The second kappa shape index (κ2) is 4.90. The summed E-state index contributed by atoms with van der Waals surface area (Å²) in [7, 11) is 1.68. The largest absolute Gasteiger partial charge is 0.496 e. The molecule has 17 heavy (non-hydrogen) atoms. The molecule has 0 radical (unpaired) electrons. The molecule has 3 heteroatoms. The van der Waals surface area contributed by atoms with E-state index in [4.69, 9.17) is 10.5 Å². The van der Waals surface area contributed by atoms with Crippen LogP contribution in [0.3, 0.4) is 0 Å². The number of para-hydroxylation sites is 1. The zero-order valence-electron chi connectivity index (χ0n) is 10.4. The van der Waals surface area contributed by atoms with Gasteiger partial charge in [0.05, 0.1) is 13.2 Å². The van der Waals surface area contributed by atoms with Crippen molar-refractivity contribution in [1.82, 2.24) is 0 Å². The molecule has 0 fully saturated rings. The average Bonchev–Trinajstić information content (AvgIpc) is 2.67. The molecule has 2 aromatic rings. The molecule has 0 spiro atoms. The average molecular weight is 247 g/mol. The van der Waals surface area contributed by atoms with Crippen LogP contribution in [0.2, 0.25) is 0 Å². The van der Waals surface area contributed by atoms with Crippen LogP contribution in [0.1, 0.15) is 26.9 Å². The van der Waals surface area contributed by atoms with Crippen molar-refractivity contribution in [2.45, 2.75) is 19.9 Å². The van der Waals surface area contributed by atoms with Crippen LogP contribution in [0.15, 0.2) is 30.3 Å². The van der Waals surface area contributed by atoms with Gasteiger partial charge in [0.15, 0.2) is 0 Å². The third-order valence-corrected chi connectivity index (χ3v) is 3.87. The van der Waals surface area contributed by atoms with Crippen molar-refractivity contribution in [2.24, 2.45) is 5.73 Å². The molecule has 1 atom stereocenters. The minimum absolute atomic E-state index is 0.115. The lowest BCUT2D eigenvalue weighted by Crippen LogP contribution is -2.13. The predicted octanol–water partition coefficient (Wildman–Crippen LogP) is 3.42. The first-order valence-electron chi connectivity index (χ1n) is 5.59. The molecule has 2 nitrogen and oxygen atoms in total. The Hall–Kier alpha value is -1.32. The lowest BCUT2D eigenvalue weighted by molar-refractivity contribution is 0.408. The second-order valence-corrected chi connectivity index (χ2v) is 5.55. The molecule has 0 aliphatic heterocycles. The molecule has 1 heterocycles. The normalized spacial score (nSPS) is 12.5. The van der Waals surface area contributed by atoms with Crippen LogP contribution in [0.4, 0.5) is 0 Å². The maximum atomic E-state index is 6.33. The van der Waals surface area contributed by atoms with Gasteiger partial charge in [-0.3, -0.25) is 0 Å². The summed E-state index contributed by atoms with van der Waals surface area (Å²) in [4.78, 5) is 2.57. The number of methoxy groups -OCH3 is 1. The molecule has 1 aromatic carbocycles. The van der Waals surface area contributed by atoms with Crippen LogP contribution < -0.4 is 10.5 Å². The molecule has 0 bridgehead atoms. The van der Waals surface area contributed by atoms with Crippen LogP contribution in [-0.4, -0.2) is 7.11 Å². The summed E-state index contributed by atoms with van der Waals surface area (Å²) >= 11 is 1.78. The van der Waals surface area contributed by atoms with Gasteiger partial charge in [0.1, 0.15) is 5.75 Å². The second-order valence-electron chi connectivity index (χ2n) is 4.09. The van der Waals surface area contributed by atoms with Gasteiger partial charge in [0, 0.05) is 15.3 Å². The van der Waals surface area contributed by atoms with Crippen LogP contribution in [0.5, 0.6) is 5.75 Å². The van der Waals surface area contributed by atoms with Crippen molar-refractivity contribution in [2.75, 3.05) is 7.11 Å². The molecule has 1 unspecified atom stereocenters. The lowest BCUT2D eigenvalue weighted by atomic mass is 9.99. The minimum Gasteiger partial charge on any atom is -0.496 e. The smallest absolute Gasteiger partial charge is 0.123 e. The fourth-order valence-electron chi connectivity index (χ4n) is 2.05. The Morgan fingerprint density at radius 1 is 1.18 bits per heavy atom. The van der Waals surface area contributed by atoms with Crippen molar-refractivity contribution >= 4 is 11.3 Å². The van der Waals surface area contributed by atoms with E-state index >= 15 is 0 Å². The van der Waals surface area contributed by atoms with Gasteiger partial charge in [-0.1, -0.05) is 18.2 Å². The minimum atomic E-state index is -0.115. The van der Waals surface area contributed by atoms with Crippen molar-refractivity contribution in [3.05, 3.63) is 51.2 Å². The first-order valence-corrected chi connectivity index (χ1v) is 6.40. The Kier molecular flexibility index (Phi) is 3.50. The molecule has 0 aliphatic rings. The fraction of sp³-hybridized carbons (Fsp3) is 0.286. The van der Waals surface area contributed by atoms with Crippen LogP contribution >= 0.6 is 11.3 Å². The van der Waals surface area contributed by atoms with E-state index in [1.165, 1.54) is 15.3 Å². The van der Waals surface area contributed by atoms with Gasteiger partial charge in [-0.05, 0) is 31.5 Å². The molecule has 0 amide bonds. The van der Waals surface area contributed by atoms with E-state index in [1.807, 2.05) is 24.3 Å². The standard InChI is InChI=1S/C14H17NOS/c1-9-8-12(10(2)17-9)14(15)11-6-4-5-7-13(11)16-3/h4-8,14H,15H2,1-3H3. The Morgan fingerprint density at radius 2 is 1.88 bits per heavy atom. The van der Waals surface area contributed by atoms with Crippen LogP contribution in [0, 0.1) is 13.8 Å². The van der Waals surface area contributed by atoms with Crippen molar-refractivity contribution in [1.29, 1.82) is 0 Å². The van der Waals surface area contributed by atoms with E-state index in [0.29, 0.717) is 0 Å². The number of thiophene rings is 1. The highest BCUT2D eigenvalue weighted by Crippen LogP contribution is 2.33. The van der Waals surface area contributed by atoms with Crippen LogP contribution in [-0.2, 0) is 0 Å². The summed E-state index contributed by atoms with van der Waals surface area (Å²) in [6.07, 6.45) is 0. The summed E-state index contributed by atoms with van der Waals surface area (Å²) in [5.74, 6) is 0.850. The highest BCUT2D eigenvalue weighted by molar-refractivity contribution is 7.12. The Labute approximate surface area is 106 Å². The molecule has 0 aliphatic carbocycles. The lowest BCUT2D eigenvalue weighted by Gasteiger charge is -2.15. The topological polar surface area (TPSA) is 35.2 Å². The summed E-state index contributed by atoms with van der Waals surface area (Å²) in [6.45, 7) is 4.22. The highest BCUT2D eigenvalue weighted by Gasteiger charge is 2.16. The third-order valence-electron chi connectivity index (χ3n) is 2.89. The molecular weight excluding hydrogens is 230 g/mol. The predicted molar refractivity (Wildman–Crippen MR) is 72.8 cm³/mol. The van der Waals surface area contributed by atoms with Crippen LogP contribution in [0.25, 0.3) is 0 Å². The Morgan fingerprint density at radius 3 is 2.47 bits per heavy atom. The number of hydrogen-bond acceptors (Lipinski definition) is 3. The SMILES string of the molecule is COc1ccccc1C(N)c1cc(C)sc1C. The number of rotatable bonds is 3. The van der Waals surface area contributed by atoms with Crippen molar-refractivity contribution in [3.63, 3.8) is 0 Å². The number of ether oxygens (including phenoxy) is 1. The highest BCUT2D eigenvalue weighted by atomic mass is 32.1.